The van der Waals surface area contributed by atoms with E-state index in [1.165, 1.54) is 19.2 Å². The minimum Gasteiger partial charge on any atom is -0.396 e. The third kappa shape index (κ3) is 2.93. The van der Waals surface area contributed by atoms with Gasteiger partial charge in [-0.25, -0.2) is 4.98 Å². The molecule has 0 radical (unpaired) electrons. The third-order valence-electron chi connectivity index (χ3n) is 4.19. The second-order valence-corrected chi connectivity index (χ2v) is 5.80. The number of nitrogens with zero attached hydrogens (tertiary/aromatic N) is 3. The Balaban J connectivity index is 1.77. The minimum atomic E-state index is -4.52. The molecule has 0 saturated carbocycles. The summed E-state index contributed by atoms with van der Waals surface area (Å²) >= 11 is 0. The number of nitrogen functional groups attached to an aromatic ring is 1. The molecule has 1 unspecified atom stereocenters. The highest BCUT2D eigenvalue weighted by molar-refractivity contribution is 5.95. The normalized spacial score (nSPS) is 18.2. The number of alkyl halides is 3. The van der Waals surface area contributed by atoms with Crippen molar-refractivity contribution in [3.8, 4) is 0 Å². The van der Waals surface area contributed by atoms with Crippen LogP contribution in [-0.4, -0.2) is 39.1 Å². The maximum atomic E-state index is 12.7. The minimum absolute atomic E-state index is 0.0409. The number of amides is 1. The Morgan fingerprint density at radius 1 is 1.42 bits per heavy atom. The second-order valence-electron chi connectivity index (χ2n) is 5.80. The number of likely N-dealkylation sites (tertiary alicyclic amines) is 1. The SMILES string of the molecule is Cc1nc(C(F)(F)F)ccc1C(=O)N1CCC(c2[nH]ncc2N)C1. The van der Waals surface area contributed by atoms with E-state index < -0.39 is 11.9 Å². The maximum Gasteiger partial charge on any atom is 0.433 e. The molecule has 2 aromatic rings. The zero-order valence-electron chi connectivity index (χ0n) is 12.9. The number of aromatic nitrogens is 3. The van der Waals surface area contributed by atoms with E-state index >= 15 is 0 Å². The lowest BCUT2D eigenvalue weighted by atomic mass is 10.0. The van der Waals surface area contributed by atoms with Crippen LogP contribution in [0.1, 0.15) is 39.8 Å². The summed E-state index contributed by atoms with van der Waals surface area (Å²) < 4.78 is 38.0. The number of rotatable bonds is 2. The van der Waals surface area contributed by atoms with Crippen molar-refractivity contribution < 1.29 is 18.0 Å². The van der Waals surface area contributed by atoms with Crippen molar-refractivity contribution in [1.29, 1.82) is 0 Å². The van der Waals surface area contributed by atoms with Crippen molar-refractivity contribution in [2.24, 2.45) is 0 Å². The first-order valence-corrected chi connectivity index (χ1v) is 7.40. The molecule has 1 amide bonds. The highest BCUT2D eigenvalue weighted by atomic mass is 19.4. The zero-order valence-corrected chi connectivity index (χ0v) is 12.9. The van der Waals surface area contributed by atoms with Crippen molar-refractivity contribution in [2.75, 3.05) is 18.8 Å². The van der Waals surface area contributed by atoms with Gasteiger partial charge in [-0.3, -0.25) is 9.89 Å². The van der Waals surface area contributed by atoms with E-state index in [0.717, 1.165) is 11.8 Å². The Hall–Kier alpha value is -2.58. The van der Waals surface area contributed by atoms with Crippen LogP contribution in [-0.2, 0) is 6.18 Å². The highest BCUT2D eigenvalue weighted by Crippen LogP contribution is 2.31. The highest BCUT2D eigenvalue weighted by Gasteiger charge is 2.34. The van der Waals surface area contributed by atoms with Gasteiger partial charge in [-0.05, 0) is 25.5 Å². The summed E-state index contributed by atoms with van der Waals surface area (Å²) in [5, 5.41) is 6.70. The van der Waals surface area contributed by atoms with Crippen LogP contribution >= 0.6 is 0 Å². The number of nitrogens with two attached hydrogens (primary N) is 1. The van der Waals surface area contributed by atoms with Gasteiger partial charge in [0.25, 0.3) is 5.91 Å². The fourth-order valence-corrected chi connectivity index (χ4v) is 2.93. The number of aryl methyl sites for hydroxylation is 1. The summed E-state index contributed by atoms with van der Waals surface area (Å²) in [5.74, 6) is -0.284. The summed E-state index contributed by atoms with van der Waals surface area (Å²) in [7, 11) is 0. The molecule has 128 valence electrons. The van der Waals surface area contributed by atoms with Gasteiger partial charge in [0.2, 0.25) is 0 Å². The summed E-state index contributed by atoms with van der Waals surface area (Å²) in [5.41, 5.74) is 6.40. The Labute approximate surface area is 135 Å². The molecular formula is C15H16F3N5O. The number of carbonyl (C=O) groups excluding carboxylic acids is 1. The summed E-state index contributed by atoms with van der Waals surface area (Å²) in [4.78, 5) is 17.7. The Kier molecular flexibility index (Phi) is 3.94. The smallest absolute Gasteiger partial charge is 0.396 e. The number of hydrogen-bond donors (Lipinski definition) is 2. The van der Waals surface area contributed by atoms with Gasteiger partial charge in [-0.2, -0.15) is 18.3 Å². The maximum absolute atomic E-state index is 12.7. The number of H-pyrrole nitrogens is 1. The molecule has 0 bridgehead atoms. The van der Waals surface area contributed by atoms with E-state index in [1.807, 2.05) is 0 Å². The first-order valence-electron chi connectivity index (χ1n) is 7.40. The number of aromatic amines is 1. The summed E-state index contributed by atoms with van der Waals surface area (Å²) in [6.07, 6.45) is -2.29. The van der Waals surface area contributed by atoms with Crippen molar-refractivity contribution in [3.05, 3.63) is 41.0 Å². The van der Waals surface area contributed by atoms with Crippen LogP contribution in [0.5, 0.6) is 0 Å². The number of pyridine rings is 1. The number of carbonyl (C=O) groups is 1. The monoisotopic (exact) mass is 339 g/mol. The van der Waals surface area contributed by atoms with Gasteiger partial charge in [-0.1, -0.05) is 0 Å². The Morgan fingerprint density at radius 2 is 2.17 bits per heavy atom. The van der Waals surface area contributed by atoms with E-state index in [0.29, 0.717) is 25.2 Å². The Morgan fingerprint density at radius 3 is 2.75 bits per heavy atom. The molecule has 3 heterocycles. The number of halogens is 3. The van der Waals surface area contributed by atoms with Crippen molar-refractivity contribution in [3.63, 3.8) is 0 Å². The van der Waals surface area contributed by atoms with Gasteiger partial charge in [0.15, 0.2) is 0 Å². The first-order chi connectivity index (χ1) is 11.3. The van der Waals surface area contributed by atoms with Crippen LogP contribution < -0.4 is 5.73 Å². The summed E-state index contributed by atoms with van der Waals surface area (Å²) in [6.45, 7) is 2.34. The molecule has 1 atom stereocenters. The topological polar surface area (TPSA) is 87.9 Å². The van der Waals surface area contributed by atoms with Crippen LogP contribution in [0.25, 0.3) is 0 Å². The fraction of sp³-hybridized carbons (Fsp3) is 0.400. The predicted molar refractivity (Wildman–Crippen MR) is 80.2 cm³/mol. The molecule has 0 aromatic carbocycles. The third-order valence-corrected chi connectivity index (χ3v) is 4.19. The van der Waals surface area contributed by atoms with Gasteiger partial charge in [0.05, 0.1) is 28.8 Å². The molecule has 9 heteroatoms. The van der Waals surface area contributed by atoms with Crippen molar-refractivity contribution in [1.82, 2.24) is 20.1 Å². The van der Waals surface area contributed by atoms with Crippen LogP contribution in [0.2, 0.25) is 0 Å². The van der Waals surface area contributed by atoms with Crippen molar-refractivity contribution in [2.45, 2.75) is 25.4 Å². The average Bonchev–Trinajstić information content (AvgIpc) is 3.14. The lowest BCUT2D eigenvalue weighted by Gasteiger charge is -2.18. The van der Waals surface area contributed by atoms with Gasteiger partial charge in [0, 0.05) is 19.0 Å². The number of hydrogen-bond acceptors (Lipinski definition) is 4. The second kappa shape index (κ2) is 5.81. The molecule has 1 aliphatic heterocycles. The number of anilines is 1. The van der Waals surface area contributed by atoms with Crippen molar-refractivity contribution >= 4 is 11.6 Å². The van der Waals surface area contributed by atoms with E-state index in [2.05, 4.69) is 15.2 Å². The zero-order chi connectivity index (χ0) is 17.5. The van der Waals surface area contributed by atoms with E-state index in [4.69, 9.17) is 5.73 Å². The van der Waals surface area contributed by atoms with E-state index in [9.17, 15) is 18.0 Å². The molecule has 1 saturated heterocycles. The summed E-state index contributed by atoms with van der Waals surface area (Å²) in [6, 6.07) is 2.02. The molecule has 3 rings (SSSR count). The quantitative estimate of drug-likeness (QED) is 0.879. The molecule has 6 nitrogen and oxygen atoms in total. The largest absolute Gasteiger partial charge is 0.433 e. The first kappa shape index (κ1) is 16.3. The van der Waals surface area contributed by atoms with Crippen LogP contribution in [0.15, 0.2) is 18.3 Å². The van der Waals surface area contributed by atoms with Gasteiger partial charge in [-0.15, -0.1) is 0 Å². The lowest BCUT2D eigenvalue weighted by molar-refractivity contribution is -0.141. The van der Waals surface area contributed by atoms with E-state index in [-0.39, 0.29) is 23.1 Å². The molecule has 0 aliphatic carbocycles. The lowest BCUT2D eigenvalue weighted by Crippen LogP contribution is -2.29. The molecular weight excluding hydrogens is 323 g/mol. The van der Waals surface area contributed by atoms with Crippen LogP contribution in [0, 0.1) is 6.92 Å². The molecule has 1 fully saturated rings. The standard InChI is InChI=1S/C15H16F3N5O/c1-8-10(2-3-12(21-8)15(16,17)18)14(24)23-5-4-9(7-23)13-11(19)6-20-22-13/h2-3,6,9H,4-5,7,19H2,1H3,(H,20,22). The molecule has 3 N–H and O–H groups in total. The predicted octanol–water partition coefficient (Wildman–Crippen LogP) is 2.34. The Bertz CT molecular complexity index is 771. The van der Waals surface area contributed by atoms with Gasteiger partial charge in [0.1, 0.15) is 5.69 Å². The fourth-order valence-electron chi connectivity index (χ4n) is 2.93. The number of nitrogens with one attached hydrogen (secondary N) is 1. The van der Waals surface area contributed by atoms with Crippen LogP contribution in [0.4, 0.5) is 18.9 Å². The molecule has 24 heavy (non-hydrogen) atoms. The van der Waals surface area contributed by atoms with Gasteiger partial charge < -0.3 is 10.6 Å². The molecule has 2 aromatic heterocycles. The van der Waals surface area contributed by atoms with Gasteiger partial charge >= 0.3 is 6.18 Å². The van der Waals surface area contributed by atoms with Crippen LogP contribution in [0.3, 0.4) is 0 Å². The molecule has 0 spiro atoms. The molecule has 1 aliphatic rings. The average molecular weight is 339 g/mol. The van der Waals surface area contributed by atoms with E-state index in [1.54, 1.807) is 4.90 Å².